The molecule has 2 N–H and O–H groups in total. The van der Waals surface area contributed by atoms with Gasteiger partial charge in [-0.05, 0) is 30.2 Å². The summed E-state index contributed by atoms with van der Waals surface area (Å²) in [6, 6.07) is 2.24. The molecule has 0 saturated carbocycles. The molecule has 0 spiro atoms. The topological polar surface area (TPSA) is 49.8 Å². The summed E-state index contributed by atoms with van der Waals surface area (Å²) in [7, 11) is 0. The molecule has 2 rings (SSSR count). The largest absolute Gasteiger partial charge is 0.389 e. The van der Waals surface area contributed by atoms with Gasteiger partial charge < -0.3 is 5.73 Å². The Labute approximate surface area is 116 Å². The van der Waals surface area contributed by atoms with Crippen molar-refractivity contribution in [3.63, 3.8) is 0 Å². The highest BCUT2D eigenvalue weighted by molar-refractivity contribution is 7.16. The summed E-state index contributed by atoms with van der Waals surface area (Å²) in [5.41, 5.74) is 7.93. The van der Waals surface area contributed by atoms with Crippen LogP contribution in [0, 0.1) is 11.3 Å². The molecule has 0 aliphatic heterocycles. The van der Waals surface area contributed by atoms with Crippen LogP contribution in [0.5, 0.6) is 0 Å². The van der Waals surface area contributed by atoms with Crippen LogP contribution in [-0.4, -0.2) is 0 Å². The number of anilines is 1. The quantitative estimate of drug-likeness (QED) is 0.728. The molecule has 18 heavy (non-hydrogen) atoms. The fourth-order valence-electron chi connectivity index (χ4n) is 2.32. The zero-order chi connectivity index (χ0) is 14.3. The highest BCUT2D eigenvalue weighted by atomic mass is 32.1. The number of rotatable bonds is 0. The summed E-state index contributed by atoms with van der Waals surface area (Å²) < 4.78 is 0. The van der Waals surface area contributed by atoms with Crippen molar-refractivity contribution in [2.45, 2.75) is 66.2 Å². The van der Waals surface area contributed by atoms with Crippen LogP contribution in [0.1, 0.15) is 70.4 Å². The van der Waals surface area contributed by atoms with Gasteiger partial charge in [-0.2, -0.15) is 5.26 Å². The maximum Gasteiger partial charge on any atom is 0.104 e. The molecule has 1 heterocycles. The van der Waals surface area contributed by atoms with Crippen LogP contribution in [0.3, 0.4) is 0 Å². The Hall–Kier alpha value is -1.01. The third-order valence-corrected chi connectivity index (χ3v) is 4.08. The van der Waals surface area contributed by atoms with Crippen molar-refractivity contribution in [1.82, 2.24) is 0 Å². The van der Waals surface area contributed by atoms with Crippen LogP contribution >= 0.6 is 11.3 Å². The van der Waals surface area contributed by atoms with Crippen molar-refractivity contribution in [2.75, 3.05) is 5.73 Å². The lowest BCUT2D eigenvalue weighted by Crippen LogP contribution is -2.23. The van der Waals surface area contributed by atoms with Gasteiger partial charge in [0.25, 0.3) is 0 Å². The molecule has 2 nitrogen and oxygen atoms in total. The number of thiophene rings is 1. The monoisotopic (exact) mass is 266 g/mol. The molecule has 0 bridgehead atoms. The van der Waals surface area contributed by atoms with Gasteiger partial charge in [-0.1, -0.05) is 41.5 Å². The summed E-state index contributed by atoms with van der Waals surface area (Å²) in [5.74, 6) is 0. The minimum Gasteiger partial charge on any atom is -0.389 e. The Bertz CT molecular complexity index is 411. The van der Waals surface area contributed by atoms with E-state index >= 15 is 0 Å². The van der Waals surface area contributed by atoms with Crippen molar-refractivity contribution in [2.24, 2.45) is 0 Å². The van der Waals surface area contributed by atoms with Gasteiger partial charge in [0.15, 0.2) is 0 Å². The number of nitrogen functional groups attached to an aromatic ring is 1. The van der Waals surface area contributed by atoms with E-state index in [9.17, 15) is 0 Å². The number of nitrogens with zero attached hydrogens (tertiary/aromatic N) is 1. The molecule has 102 valence electrons. The molecular formula is C15H26N2S. The van der Waals surface area contributed by atoms with Gasteiger partial charge in [-0.3, -0.25) is 0 Å². The molecule has 1 aromatic heterocycles. The Morgan fingerprint density at radius 2 is 1.78 bits per heavy atom. The third kappa shape index (κ3) is 3.26. The maximum absolute atomic E-state index is 9.07. The van der Waals surface area contributed by atoms with Crippen molar-refractivity contribution >= 4 is 16.3 Å². The van der Waals surface area contributed by atoms with Crippen molar-refractivity contribution in [3.05, 3.63) is 16.0 Å². The number of hydrogen-bond donors (Lipinski definition) is 1. The Morgan fingerprint density at radius 3 is 2.28 bits per heavy atom. The van der Waals surface area contributed by atoms with E-state index in [1.807, 2.05) is 27.7 Å². The molecule has 0 unspecified atom stereocenters. The Kier molecular flexibility index (Phi) is 7.01. The smallest absolute Gasteiger partial charge is 0.104 e. The zero-order valence-corrected chi connectivity index (χ0v) is 13.4. The molecular weight excluding hydrogens is 240 g/mol. The average molecular weight is 266 g/mol. The number of nitrogens with two attached hydrogens (primary N) is 1. The second-order valence-corrected chi connectivity index (χ2v) is 5.63. The van der Waals surface area contributed by atoms with E-state index in [1.54, 1.807) is 11.3 Å². The molecule has 3 heteroatoms. The van der Waals surface area contributed by atoms with Crippen LogP contribution in [0.4, 0.5) is 5.00 Å². The lowest BCUT2D eigenvalue weighted by Gasteiger charge is -2.30. The molecule has 0 aromatic carbocycles. The summed E-state index contributed by atoms with van der Waals surface area (Å²) in [5, 5.41) is 9.77. The minimum atomic E-state index is 0.132. The first-order valence-corrected chi connectivity index (χ1v) is 7.69. The molecule has 0 atom stereocenters. The zero-order valence-electron chi connectivity index (χ0n) is 12.6. The number of hydrogen-bond acceptors (Lipinski definition) is 3. The van der Waals surface area contributed by atoms with Crippen LogP contribution in [0.2, 0.25) is 0 Å². The van der Waals surface area contributed by atoms with Crippen molar-refractivity contribution in [1.29, 1.82) is 5.26 Å². The first kappa shape index (κ1) is 17.0. The second kappa shape index (κ2) is 7.43. The molecule has 0 saturated heterocycles. The van der Waals surface area contributed by atoms with Crippen LogP contribution in [0.15, 0.2) is 0 Å². The standard InChI is InChI=1S/C11H14N2S.2C2H6/c1-11(2)5-3-4-8-9(11)7(6-12)10(13)14-8;2*1-2/h3-5,13H2,1-2H3;2*1-2H3. The van der Waals surface area contributed by atoms with E-state index in [0.29, 0.717) is 5.00 Å². The van der Waals surface area contributed by atoms with E-state index in [1.165, 1.54) is 16.9 Å². The van der Waals surface area contributed by atoms with Gasteiger partial charge in [0.2, 0.25) is 0 Å². The lowest BCUT2D eigenvalue weighted by molar-refractivity contribution is 0.435. The number of aryl methyl sites for hydroxylation is 1. The summed E-state index contributed by atoms with van der Waals surface area (Å²) in [6.07, 6.45) is 3.46. The van der Waals surface area contributed by atoms with Crippen LogP contribution < -0.4 is 5.73 Å². The summed E-state index contributed by atoms with van der Waals surface area (Å²) >= 11 is 1.60. The van der Waals surface area contributed by atoms with E-state index < -0.39 is 0 Å². The fraction of sp³-hybridized carbons (Fsp3) is 0.667. The molecule has 1 aliphatic rings. The predicted octanol–water partition coefficient (Wildman–Crippen LogP) is 4.87. The van der Waals surface area contributed by atoms with Gasteiger partial charge in [-0.15, -0.1) is 11.3 Å². The first-order valence-electron chi connectivity index (χ1n) is 6.88. The highest BCUT2D eigenvalue weighted by Gasteiger charge is 2.33. The van der Waals surface area contributed by atoms with Crippen molar-refractivity contribution in [3.8, 4) is 6.07 Å². The second-order valence-electron chi connectivity index (χ2n) is 4.49. The maximum atomic E-state index is 9.07. The van der Waals surface area contributed by atoms with E-state index in [2.05, 4.69) is 19.9 Å². The van der Waals surface area contributed by atoms with E-state index in [-0.39, 0.29) is 5.41 Å². The van der Waals surface area contributed by atoms with Crippen LogP contribution in [-0.2, 0) is 11.8 Å². The van der Waals surface area contributed by atoms with Gasteiger partial charge in [-0.25, -0.2) is 0 Å². The summed E-state index contributed by atoms with van der Waals surface area (Å²) in [6.45, 7) is 12.4. The lowest BCUT2D eigenvalue weighted by atomic mass is 9.74. The molecule has 1 aliphatic carbocycles. The number of nitriles is 1. The van der Waals surface area contributed by atoms with Gasteiger partial charge in [0.05, 0.1) is 5.56 Å². The number of fused-ring (bicyclic) bond motifs is 1. The van der Waals surface area contributed by atoms with Gasteiger partial charge >= 0.3 is 0 Å². The average Bonchev–Trinajstić information content (AvgIpc) is 2.71. The predicted molar refractivity (Wildman–Crippen MR) is 82.1 cm³/mol. The highest BCUT2D eigenvalue weighted by Crippen LogP contribution is 2.44. The third-order valence-electron chi connectivity index (χ3n) is 3.00. The molecule has 0 amide bonds. The van der Waals surface area contributed by atoms with Gasteiger partial charge in [0, 0.05) is 4.88 Å². The Morgan fingerprint density at radius 1 is 1.22 bits per heavy atom. The Balaban J connectivity index is 0.000000659. The van der Waals surface area contributed by atoms with Gasteiger partial charge in [0.1, 0.15) is 11.1 Å². The molecule has 0 fully saturated rings. The normalized spacial score (nSPS) is 15.2. The van der Waals surface area contributed by atoms with E-state index in [0.717, 1.165) is 18.4 Å². The minimum absolute atomic E-state index is 0.132. The fourth-order valence-corrected chi connectivity index (χ4v) is 3.56. The van der Waals surface area contributed by atoms with Crippen molar-refractivity contribution < 1.29 is 0 Å². The summed E-state index contributed by atoms with van der Waals surface area (Å²) in [4.78, 5) is 1.33. The SMILES string of the molecule is CC.CC.CC1(C)CCCc2sc(N)c(C#N)c21. The first-order chi connectivity index (χ1) is 8.56. The molecule has 1 aromatic rings. The van der Waals surface area contributed by atoms with Crippen LogP contribution in [0.25, 0.3) is 0 Å². The molecule has 0 radical (unpaired) electrons. The van der Waals surface area contributed by atoms with E-state index in [4.69, 9.17) is 11.0 Å².